The average Bonchev–Trinajstić information content (AvgIpc) is 2.79. The van der Waals surface area contributed by atoms with Gasteiger partial charge in [0, 0.05) is 6.04 Å². The van der Waals surface area contributed by atoms with Gasteiger partial charge in [0.05, 0.1) is 16.9 Å². The summed E-state index contributed by atoms with van der Waals surface area (Å²) in [6.07, 6.45) is 0.820. The molecule has 0 amide bonds. The Morgan fingerprint density at radius 2 is 1.71 bits per heavy atom. The first-order valence-electron chi connectivity index (χ1n) is 7.23. The van der Waals surface area contributed by atoms with Crippen molar-refractivity contribution in [3.05, 3.63) is 52.3 Å². The Labute approximate surface area is 131 Å². The van der Waals surface area contributed by atoms with E-state index in [1.807, 2.05) is 26.0 Å². The molecule has 0 aliphatic carbocycles. The van der Waals surface area contributed by atoms with Crippen LogP contribution >= 0.6 is 11.6 Å². The Balaban J connectivity index is 2.37. The Bertz CT molecular complexity index is 609. The number of benzene rings is 1. The molecule has 0 saturated carbocycles. The summed E-state index contributed by atoms with van der Waals surface area (Å²) >= 11 is 6.19. The highest BCUT2D eigenvalue weighted by Gasteiger charge is 2.22. The zero-order valence-corrected chi connectivity index (χ0v) is 14.0. The molecule has 0 radical (unpaired) electrons. The zero-order chi connectivity index (χ0) is 15.8. The molecule has 1 N–H and O–H groups in total. The molecule has 114 valence electrons. The summed E-state index contributed by atoms with van der Waals surface area (Å²) in [6, 6.07) is 8.18. The lowest BCUT2D eigenvalue weighted by molar-refractivity contribution is 0.205. The van der Waals surface area contributed by atoms with Gasteiger partial charge in [0.15, 0.2) is 0 Å². The molecule has 3 nitrogen and oxygen atoms in total. The van der Waals surface area contributed by atoms with Crippen LogP contribution in [0.25, 0.3) is 0 Å². The number of nitrogens with zero attached hydrogens (tertiary/aromatic N) is 2. The predicted octanol–water partition coefficient (Wildman–Crippen LogP) is 4.50. The summed E-state index contributed by atoms with van der Waals surface area (Å²) in [6.45, 7) is 10.5. The van der Waals surface area contributed by atoms with E-state index < -0.39 is 6.10 Å². The van der Waals surface area contributed by atoms with E-state index in [0.717, 1.165) is 5.56 Å². The summed E-state index contributed by atoms with van der Waals surface area (Å²) < 4.78 is 1.77. The van der Waals surface area contributed by atoms with Crippen molar-refractivity contribution < 1.29 is 5.11 Å². The second-order valence-electron chi connectivity index (χ2n) is 6.69. The number of aromatic nitrogens is 2. The molecule has 0 fully saturated rings. The number of aliphatic hydroxyl groups excluding tert-OH is 1. The van der Waals surface area contributed by atoms with Crippen LogP contribution in [0.5, 0.6) is 0 Å². The van der Waals surface area contributed by atoms with Gasteiger partial charge in [0.25, 0.3) is 0 Å². The van der Waals surface area contributed by atoms with Crippen LogP contribution in [0.1, 0.15) is 63.6 Å². The summed E-state index contributed by atoms with van der Waals surface area (Å²) in [7, 11) is 0. The van der Waals surface area contributed by atoms with Gasteiger partial charge in [0.1, 0.15) is 6.10 Å². The van der Waals surface area contributed by atoms with Crippen molar-refractivity contribution in [1.82, 2.24) is 9.78 Å². The summed E-state index contributed by atoms with van der Waals surface area (Å²) in [5.74, 6) is 0. The van der Waals surface area contributed by atoms with Gasteiger partial charge >= 0.3 is 0 Å². The topological polar surface area (TPSA) is 38.0 Å². The van der Waals surface area contributed by atoms with Crippen LogP contribution in [0.15, 0.2) is 30.5 Å². The Morgan fingerprint density at radius 3 is 2.19 bits per heavy atom. The van der Waals surface area contributed by atoms with Gasteiger partial charge in [0.2, 0.25) is 0 Å². The third-order valence-corrected chi connectivity index (χ3v) is 3.92. The standard InChI is InChI=1S/C17H23ClN2O/c1-11(2)20-15(14(18)10-19-20)16(21)12-6-8-13(9-7-12)17(3,4)5/h6-11,16,21H,1-5H3. The van der Waals surface area contributed by atoms with Gasteiger partial charge in [-0.15, -0.1) is 0 Å². The van der Waals surface area contributed by atoms with E-state index in [-0.39, 0.29) is 11.5 Å². The third-order valence-electron chi connectivity index (χ3n) is 3.63. The molecule has 1 aromatic heterocycles. The summed E-state index contributed by atoms with van der Waals surface area (Å²) in [5, 5.41) is 15.4. The van der Waals surface area contributed by atoms with E-state index >= 15 is 0 Å². The van der Waals surface area contributed by atoms with Crippen LogP contribution in [-0.4, -0.2) is 14.9 Å². The highest BCUT2D eigenvalue weighted by molar-refractivity contribution is 6.31. The fourth-order valence-corrected chi connectivity index (χ4v) is 2.57. The Kier molecular flexibility index (Phi) is 4.45. The van der Waals surface area contributed by atoms with Gasteiger partial charge in [-0.3, -0.25) is 4.68 Å². The minimum Gasteiger partial charge on any atom is -0.382 e. The van der Waals surface area contributed by atoms with Crippen LogP contribution in [0, 0.1) is 0 Å². The average molecular weight is 307 g/mol. The SMILES string of the molecule is CC(C)n1ncc(Cl)c1C(O)c1ccc(C(C)(C)C)cc1. The molecule has 2 rings (SSSR count). The molecule has 0 aliphatic rings. The minimum atomic E-state index is -0.767. The molecule has 1 heterocycles. The quantitative estimate of drug-likeness (QED) is 0.907. The van der Waals surface area contributed by atoms with E-state index in [0.29, 0.717) is 10.7 Å². The van der Waals surface area contributed by atoms with Crippen molar-refractivity contribution in [2.24, 2.45) is 0 Å². The van der Waals surface area contributed by atoms with E-state index in [9.17, 15) is 5.11 Å². The molecule has 1 aromatic carbocycles. The van der Waals surface area contributed by atoms with E-state index in [1.165, 1.54) is 5.56 Å². The van der Waals surface area contributed by atoms with Gasteiger partial charge in [-0.05, 0) is 30.4 Å². The van der Waals surface area contributed by atoms with Crippen LogP contribution in [-0.2, 0) is 5.41 Å². The summed E-state index contributed by atoms with van der Waals surface area (Å²) in [4.78, 5) is 0. The number of hydrogen-bond donors (Lipinski definition) is 1. The molecule has 1 atom stereocenters. The molecule has 0 spiro atoms. The monoisotopic (exact) mass is 306 g/mol. The second-order valence-corrected chi connectivity index (χ2v) is 7.10. The van der Waals surface area contributed by atoms with E-state index in [1.54, 1.807) is 10.9 Å². The van der Waals surface area contributed by atoms with Crippen molar-refractivity contribution in [3.8, 4) is 0 Å². The lowest BCUT2D eigenvalue weighted by atomic mass is 9.86. The van der Waals surface area contributed by atoms with E-state index in [4.69, 9.17) is 11.6 Å². The van der Waals surface area contributed by atoms with Crippen molar-refractivity contribution in [3.63, 3.8) is 0 Å². The van der Waals surface area contributed by atoms with Crippen molar-refractivity contribution >= 4 is 11.6 Å². The maximum absolute atomic E-state index is 10.6. The normalized spacial score (nSPS) is 13.7. The molecule has 0 saturated heterocycles. The van der Waals surface area contributed by atoms with Gasteiger partial charge in [-0.2, -0.15) is 5.10 Å². The minimum absolute atomic E-state index is 0.0980. The van der Waals surface area contributed by atoms with Crippen molar-refractivity contribution in [2.75, 3.05) is 0 Å². The molecule has 2 aromatic rings. The summed E-state index contributed by atoms with van der Waals surface area (Å²) in [5.41, 5.74) is 2.81. The molecule has 1 unspecified atom stereocenters. The Hall–Kier alpha value is -1.32. The highest BCUT2D eigenvalue weighted by atomic mass is 35.5. The molecule has 4 heteroatoms. The number of aliphatic hydroxyl groups is 1. The van der Waals surface area contributed by atoms with Gasteiger partial charge < -0.3 is 5.11 Å². The van der Waals surface area contributed by atoms with Crippen LogP contribution in [0.2, 0.25) is 5.02 Å². The second kappa shape index (κ2) is 5.82. The number of rotatable bonds is 3. The van der Waals surface area contributed by atoms with Gasteiger partial charge in [-0.25, -0.2) is 0 Å². The number of hydrogen-bond acceptors (Lipinski definition) is 2. The molecular formula is C17H23ClN2O. The van der Waals surface area contributed by atoms with Crippen molar-refractivity contribution in [2.45, 2.75) is 52.2 Å². The lowest BCUT2D eigenvalue weighted by Gasteiger charge is -2.21. The predicted molar refractivity (Wildman–Crippen MR) is 86.8 cm³/mol. The lowest BCUT2D eigenvalue weighted by Crippen LogP contribution is -2.14. The first kappa shape index (κ1) is 16.1. The first-order valence-corrected chi connectivity index (χ1v) is 7.61. The molecule has 21 heavy (non-hydrogen) atoms. The molecule has 0 bridgehead atoms. The highest BCUT2D eigenvalue weighted by Crippen LogP contribution is 2.31. The molecular weight excluding hydrogens is 284 g/mol. The van der Waals surface area contributed by atoms with Crippen LogP contribution in [0.4, 0.5) is 0 Å². The maximum Gasteiger partial charge on any atom is 0.122 e. The third kappa shape index (κ3) is 3.30. The van der Waals surface area contributed by atoms with Crippen LogP contribution < -0.4 is 0 Å². The first-order chi connectivity index (χ1) is 9.71. The Morgan fingerprint density at radius 1 is 1.14 bits per heavy atom. The fraction of sp³-hybridized carbons (Fsp3) is 0.471. The van der Waals surface area contributed by atoms with Crippen molar-refractivity contribution in [1.29, 1.82) is 0 Å². The maximum atomic E-state index is 10.6. The van der Waals surface area contributed by atoms with Gasteiger partial charge in [-0.1, -0.05) is 56.6 Å². The zero-order valence-electron chi connectivity index (χ0n) is 13.3. The number of halogens is 1. The van der Waals surface area contributed by atoms with E-state index in [2.05, 4.69) is 38.0 Å². The van der Waals surface area contributed by atoms with Crippen LogP contribution in [0.3, 0.4) is 0 Å². The largest absolute Gasteiger partial charge is 0.382 e. The smallest absolute Gasteiger partial charge is 0.122 e. The molecule has 0 aliphatic heterocycles. The fourth-order valence-electron chi connectivity index (χ4n) is 2.34.